The number of aldehydes is 1. The Bertz CT molecular complexity index is 342. The highest BCUT2D eigenvalue weighted by atomic mass is 16.1. The van der Waals surface area contributed by atoms with Gasteiger partial charge < -0.3 is 4.79 Å². The zero-order valence-electron chi connectivity index (χ0n) is 9.03. The molecule has 0 atom stereocenters. The summed E-state index contributed by atoms with van der Waals surface area (Å²) in [5.74, 6) is -0.0725. The summed E-state index contributed by atoms with van der Waals surface area (Å²) in [4.78, 5) is 21.9. The van der Waals surface area contributed by atoms with Gasteiger partial charge in [0.1, 0.15) is 6.29 Å². The van der Waals surface area contributed by atoms with E-state index in [-0.39, 0.29) is 12.2 Å². The van der Waals surface area contributed by atoms with Crippen molar-refractivity contribution < 1.29 is 9.59 Å². The summed E-state index contributed by atoms with van der Waals surface area (Å²) < 4.78 is 0. The number of aryl methyl sites for hydroxylation is 1. The van der Waals surface area contributed by atoms with Crippen molar-refractivity contribution in [1.29, 1.82) is 0 Å². The molecule has 2 heteroatoms. The maximum atomic E-state index is 11.6. The largest absolute Gasteiger partial charge is 0.303 e. The fraction of sp³-hybridized carbons (Fsp3) is 0.385. The highest BCUT2D eigenvalue weighted by molar-refractivity contribution is 6.03. The fourth-order valence-electron chi connectivity index (χ4n) is 1.56. The molecule has 0 N–H and O–H groups in total. The van der Waals surface area contributed by atoms with Crippen LogP contribution in [0.25, 0.3) is 0 Å². The van der Waals surface area contributed by atoms with E-state index in [0.29, 0.717) is 11.8 Å². The molecule has 0 heterocycles. The van der Waals surface area contributed by atoms with Crippen LogP contribution in [0.3, 0.4) is 0 Å². The minimum atomic E-state index is -0.0725. The molecule has 0 saturated carbocycles. The second kappa shape index (κ2) is 6.12. The van der Waals surface area contributed by atoms with E-state index in [1.807, 2.05) is 18.2 Å². The molecule has 0 aromatic heterocycles. The zero-order valence-corrected chi connectivity index (χ0v) is 9.03. The van der Waals surface area contributed by atoms with E-state index in [9.17, 15) is 9.59 Å². The van der Waals surface area contributed by atoms with Crippen LogP contribution < -0.4 is 0 Å². The lowest BCUT2D eigenvalue weighted by Crippen LogP contribution is -2.04. The second-order valence-electron chi connectivity index (χ2n) is 3.55. The molecular weight excluding hydrogens is 188 g/mol. The third kappa shape index (κ3) is 3.31. The van der Waals surface area contributed by atoms with Gasteiger partial charge in [-0.3, -0.25) is 4.79 Å². The summed E-state index contributed by atoms with van der Waals surface area (Å²) in [5, 5.41) is 0. The lowest BCUT2D eigenvalue weighted by atomic mass is 9.98. The van der Waals surface area contributed by atoms with Gasteiger partial charge in [0.2, 0.25) is 0 Å². The first-order valence-corrected chi connectivity index (χ1v) is 5.34. The van der Waals surface area contributed by atoms with Crippen molar-refractivity contribution in [2.45, 2.75) is 32.6 Å². The Labute approximate surface area is 90.3 Å². The molecule has 0 bridgehead atoms. The molecule has 0 aliphatic carbocycles. The topological polar surface area (TPSA) is 34.1 Å². The first-order valence-electron chi connectivity index (χ1n) is 5.34. The van der Waals surface area contributed by atoms with Crippen molar-refractivity contribution in [3.05, 3.63) is 35.4 Å². The van der Waals surface area contributed by atoms with E-state index in [2.05, 4.69) is 6.92 Å². The van der Waals surface area contributed by atoms with E-state index < -0.39 is 0 Å². The standard InChI is InChI=1S/C13H16O2/c1-2-3-6-11-7-4-5-8-12(11)13(15)9-10-14/h4-5,7-8,10H,2-3,6,9H2,1H3. The minimum absolute atomic E-state index is 0.0108. The third-order valence-electron chi connectivity index (χ3n) is 2.39. The summed E-state index contributed by atoms with van der Waals surface area (Å²) >= 11 is 0. The number of unbranched alkanes of at least 4 members (excludes halogenated alkanes) is 1. The van der Waals surface area contributed by atoms with Gasteiger partial charge in [-0.15, -0.1) is 0 Å². The van der Waals surface area contributed by atoms with Crippen molar-refractivity contribution in [1.82, 2.24) is 0 Å². The minimum Gasteiger partial charge on any atom is -0.303 e. The summed E-state index contributed by atoms with van der Waals surface area (Å²) in [5.41, 5.74) is 1.77. The van der Waals surface area contributed by atoms with E-state index in [1.54, 1.807) is 6.07 Å². The Morgan fingerprint density at radius 3 is 2.73 bits per heavy atom. The first kappa shape index (κ1) is 11.6. The number of Topliss-reactive ketones (excluding diaryl/α,β-unsaturated/α-hetero) is 1. The molecule has 15 heavy (non-hydrogen) atoms. The average molecular weight is 204 g/mol. The number of rotatable bonds is 6. The maximum Gasteiger partial charge on any atom is 0.170 e. The number of ketones is 1. The molecule has 1 aromatic rings. The normalized spacial score (nSPS) is 9.93. The fourth-order valence-corrected chi connectivity index (χ4v) is 1.56. The summed E-state index contributed by atoms with van der Waals surface area (Å²) in [7, 11) is 0. The Morgan fingerprint density at radius 2 is 2.07 bits per heavy atom. The van der Waals surface area contributed by atoms with E-state index in [1.165, 1.54) is 0 Å². The number of carbonyl (C=O) groups is 2. The van der Waals surface area contributed by atoms with E-state index in [4.69, 9.17) is 0 Å². The average Bonchev–Trinajstić information content (AvgIpc) is 2.27. The number of hydrogen-bond donors (Lipinski definition) is 0. The Balaban J connectivity index is 2.85. The van der Waals surface area contributed by atoms with E-state index >= 15 is 0 Å². The highest BCUT2D eigenvalue weighted by Gasteiger charge is 2.09. The Morgan fingerprint density at radius 1 is 1.33 bits per heavy atom. The molecule has 0 unspecified atom stereocenters. The molecule has 0 amide bonds. The van der Waals surface area contributed by atoms with Crippen molar-refractivity contribution in [2.75, 3.05) is 0 Å². The van der Waals surface area contributed by atoms with Crippen molar-refractivity contribution in [3.8, 4) is 0 Å². The SMILES string of the molecule is CCCCc1ccccc1C(=O)CC=O. The molecule has 0 aliphatic heterocycles. The van der Waals surface area contributed by atoms with Gasteiger partial charge in [0, 0.05) is 5.56 Å². The quantitative estimate of drug-likeness (QED) is 0.405. The maximum absolute atomic E-state index is 11.6. The van der Waals surface area contributed by atoms with Crippen LogP contribution in [0.1, 0.15) is 42.1 Å². The highest BCUT2D eigenvalue weighted by Crippen LogP contribution is 2.13. The number of hydrogen-bond acceptors (Lipinski definition) is 2. The van der Waals surface area contributed by atoms with Gasteiger partial charge in [0.15, 0.2) is 5.78 Å². The number of benzene rings is 1. The number of carbonyl (C=O) groups excluding carboxylic acids is 2. The summed E-state index contributed by atoms with van der Waals surface area (Å²) in [6.07, 6.45) is 3.75. The van der Waals surface area contributed by atoms with Crippen molar-refractivity contribution in [3.63, 3.8) is 0 Å². The van der Waals surface area contributed by atoms with Gasteiger partial charge in [-0.1, -0.05) is 37.6 Å². The summed E-state index contributed by atoms with van der Waals surface area (Å²) in [6, 6.07) is 7.54. The van der Waals surface area contributed by atoms with Crippen LogP contribution >= 0.6 is 0 Å². The van der Waals surface area contributed by atoms with Gasteiger partial charge in [-0.25, -0.2) is 0 Å². The van der Waals surface area contributed by atoms with Crippen LogP contribution in [0.2, 0.25) is 0 Å². The lowest BCUT2D eigenvalue weighted by Gasteiger charge is -2.06. The predicted octanol–water partition coefficient (Wildman–Crippen LogP) is 2.80. The molecule has 0 fully saturated rings. The smallest absolute Gasteiger partial charge is 0.170 e. The lowest BCUT2D eigenvalue weighted by molar-refractivity contribution is -0.107. The van der Waals surface area contributed by atoms with Crippen LogP contribution in [-0.2, 0) is 11.2 Å². The molecule has 1 aromatic carbocycles. The molecule has 0 radical (unpaired) electrons. The van der Waals surface area contributed by atoms with Crippen LogP contribution in [0, 0.1) is 0 Å². The monoisotopic (exact) mass is 204 g/mol. The van der Waals surface area contributed by atoms with Gasteiger partial charge in [0.05, 0.1) is 6.42 Å². The Hall–Kier alpha value is -1.44. The zero-order chi connectivity index (χ0) is 11.1. The van der Waals surface area contributed by atoms with Gasteiger partial charge in [0.25, 0.3) is 0 Å². The molecule has 2 nitrogen and oxygen atoms in total. The van der Waals surface area contributed by atoms with E-state index in [0.717, 1.165) is 24.8 Å². The van der Waals surface area contributed by atoms with Crippen LogP contribution in [0.15, 0.2) is 24.3 Å². The van der Waals surface area contributed by atoms with Gasteiger partial charge in [-0.05, 0) is 18.4 Å². The molecule has 80 valence electrons. The molecular formula is C13H16O2. The van der Waals surface area contributed by atoms with Crippen LogP contribution in [0.4, 0.5) is 0 Å². The van der Waals surface area contributed by atoms with Gasteiger partial charge >= 0.3 is 0 Å². The molecule has 0 spiro atoms. The predicted molar refractivity (Wildman–Crippen MR) is 60.1 cm³/mol. The van der Waals surface area contributed by atoms with Crippen LogP contribution in [-0.4, -0.2) is 12.1 Å². The summed E-state index contributed by atoms with van der Waals surface area (Å²) in [6.45, 7) is 2.12. The molecule has 0 aliphatic rings. The van der Waals surface area contributed by atoms with Crippen molar-refractivity contribution in [2.24, 2.45) is 0 Å². The second-order valence-corrected chi connectivity index (χ2v) is 3.55. The van der Waals surface area contributed by atoms with Gasteiger partial charge in [-0.2, -0.15) is 0 Å². The Kier molecular flexibility index (Phi) is 4.75. The van der Waals surface area contributed by atoms with Crippen LogP contribution in [0.5, 0.6) is 0 Å². The van der Waals surface area contributed by atoms with Crippen molar-refractivity contribution >= 4 is 12.1 Å². The first-order chi connectivity index (χ1) is 7.29. The molecule has 0 saturated heterocycles. The molecule has 1 rings (SSSR count). The third-order valence-corrected chi connectivity index (χ3v) is 2.39.